The van der Waals surface area contributed by atoms with Gasteiger partial charge in [0.2, 0.25) is 0 Å². The molecule has 52 valence electrons. The normalized spacial score (nSPS) is 7.80. The molecule has 0 spiro atoms. The molecular weight excluding hydrogens is 119 g/mol. The molecule has 1 rings (SSSR count). The van der Waals surface area contributed by atoms with Crippen molar-refractivity contribution < 1.29 is 0 Å². The van der Waals surface area contributed by atoms with E-state index < -0.39 is 0 Å². The molecule has 0 bridgehead atoms. The molecule has 0 amide bonds. The van der Waals surface area contributed by atoms with E-state index in [0.29, 0.717) is 0 Å². The second kappa shape index (κ2) is 6.41. The zero-order valence-electron chi connectivity index (χ0n) is 6.67. The van der Waals surface area contributed by atoms with E-state index in [9.17, 15) is 0 Å². The molecule has 0 saturated heterocycles. The molecule has 0 aliphatic rings. The Bertz CT molecular complexity index is 146. The lowest BCUT2D eigenvalue weighted by Crippen LogP contribution is -1.73. The minimum atomic E-state index is 1.14. The second-order valence-electron chi connectivity index (χ2n) is 1.84. The monoisotopic (exact) mass is 132 g/mol. The smallest absolute Gasteiger partial charge is 0.0606 e. The van der Waals surface area contributed by atoms with Crippen LogP contribution in [0.3, 0.4) is 0 Å². The lowest BCUT2D eigenvalue weighted by atomic mass is 10.2. The van der Waals surface area contributed by atoms with Gasteiger partial charge in [0.15, 0.2) is 0 Å². The highest BCUT2D eigenvalue weighted by Crippen LogP contribution is 1.96. The minimum Gasteiger partial charge on any atom is -0.0999 e. The number of hydrogen-bond donors (Lipinski definition) is 0. The van der Waals surface area contributed by atoms with E-state index in [0.717, 1.165) is 6.42 Å². The zero-order chi connectivity index (χ0) is 7.82. The molecule has 10 heavy (non-hydrogen) atoms. The third-order valence-corrected chi connectivity index (χ3v) is 1.25. The van der Waals surface area contributed by atoms with E-state index in [-0.39, 0.29) is 0 Å². The fourth-order valence-corrected chi connectivity index (χ4v) is 0.714. The third-order valence-electron chi connectivity index (χ3n) is 1.25. The second-order valence-corrected chi connectivity index (χ2v) is 1.84. The van der Waals surface area contributed by atoms with Crippen LogP contribution in [0, 0.1) is 0 Å². The summed E-state index contributed by atoms with van der Waals surface area (Å²) in [6.07, 6.45) is 1.14. The van der Waals surface area contributed by atoms with Gasteiger partial charge in [-0.2, -0.15) is 0 Å². The fourth-order valence-electron chi connectivity index (χ4n) is 0.714. The van der Waals surface area contributed by atoms with E-state index >= 15 is 0 Å². The predicted molar refractivity (Wildman–Crippen MR) is 47.4 cm³/mol. The van der Waals surface area contributed by atoms with Crippen molar-refractivity contribution in [2.75, 3.05) is 0 Å². The highest BCUT2D eigenvalue weighted by Gasteiger charge is 1.79. The molecule has 0 saturated carbocycles. The van der Waals surface area contributed by atoms with Gasteiger partial charge in [-0.15, -0.1) is 0 Å². The van der Waals surface area contributed by atoms with Crippen molar-refractivity contribution in [2.45, 2.75) is 20.2 Å². The lowest BCUT2D eigenvalue weighted by Gasteiger charge is -1.89. The molecular formula is C9H13B. The Hall–Kier alpha value is -0.715. The molecule has 0 aliphatic carbocycles. The molecule has 0 fully saturated rings. The van der Waals surface area contributed by atoms with E-state index in [1.807, 2.05) is 6.07 Å². The van der Waals surface area contributed by atoms with Crippen LogP contribution in [0.25, 0.3) is 0 Å². The quantitative estimate of drug-likeness (QED) is 0.515. The van der Waals surface area contributed by atoms with Gasteiger partial charge in [-0.3, -0.25) is 0 Å². The van der Waals surface area contributed by atoms with Crippen molar-refractivity contribution in [1.29, 1.82) is 0 Å². The molecule has 0 heterocycles. The maximum absolute atomic E-state index is 4.50. The van der Waals surface area contributed by atoms with E-state index in [1.165, 1.54) is 12.4 Å². The van der Waals surface area contributed by atoms with Gasteiger partial charge in [0.05, 0.1) is 7.85 Å². The maximum Gasteiger partial charge on any atom is 0.0606 e. The van der Waals surface area contributed by atoms with Gasteiger partial charge < -0.3 is 0 Å². The first-order valence-corrected chi connectivity index (χ1v) is 3.55. The molecule has 0 atom stereocenters. The summed E-state index contributed by atoms with van der Waals surface area (Å²) >= 11 is 0. The van der Waals surface area contributed by atoms with E-state index in [1.54, 1.807) is 0 Å². The van der Waals surface area contributed by atoms with Gasteiger partial charge in [0.25, 0.3) is 0 Å². The summed E-state index contributed by atoms with van der Waals surface area (Å²) in [5, 5.41) is 0. The fraction of sp³-hybridized carbons (Fsp3) is 0.333. The van der Waals surface area contributed by atoms with E-state index in [4.69, 9.17) is 0 Å². The standard InChI is InChI=1S/C8H10.CH3B/c1-2-8-6-4-3-5-7-8;1-2/h3-7H,2H2,1H3;1H3. The maximum atomic E-state index is 4.50. The Labute approximate surface area is 64.7 Å². The van der Waals surface area contributed by atoms with Crippen LogP contribution < -0.4 is 0 Å². The summed E-state index contributed by atoms with van der Waals surface area (Å²) in [6, 6.07) is 10.5. The van der Waals surface area contributed by atoms with Crippen LogP contribution >= 0.6 is 0 Å². The van der Waals surface area contributed by atoms with Crippen molar-refractivity contribution in [1.82, 2.24) is 0 Å². The number of hydrogen-bond acceptors (Lipinski definition) is 0. The molecule has 1 aromatic carbocycles. The Balaban J connectivity index is 0.000000371. The predicted octanol–water partition coefficient (Wildman–Crippen LogP) is 2.45. The SMILES string of the molecule is CCc1ccccc1.[B]C. The molecule has 2 radical (unpaired) electrons. The van der Waals surface area contributed by atoms with Crippen LogP contribution in [0.15, 0.2) is 30.3 Å². The molecule has 0 nitrogen and oxygen atoms in total. The van der Waals surface area contributed by atoms with Crippen molar-refractivity contribution in [3.05, 3.63) is 35.9 Å². The third kappa shape index (κ3) is 3.34. The Morgan fingerprint density at radius 1 is 1.10 bits per heavy atom. The molecule has 0 N–H and O–H groups in total. The van der Waals surface area contributed by atoms with Crippen molar-refractivity contribution in [3.8, 4) is 0 Å². The first-order chi connectivity index (χ1) is 4.93. The summed E-state index contributed by atoms with van der Waals surface area (Å²) in [5.74, 6) is 0. The first-order valence-electron chi connectivity index (χ1n) is 3.55. The molecule has 1 aromatic rings. The Morgan fingerprint density at radius 3 is 1.90 bits per heavy atom. The summed E-state index contributed by atoms with van der Waals surface area (Å²) in [4.78, 5) is 0. The summed E-state index contributed by atoms with van der Waals surface area (Å²) < 4.78 is 0. The average molecular weight is 132 g/mol. The molecule has 0 aromatic heterocycles. The van der Waals surface area contributed by atoms with Crippen molar-refractivity contribution in [3.63, 3.8) is 0 Å². The Morgan fingerprint density at radius 2 is 1.60 bits per heavy atom. The van der Waals surface area contributed by atoms with Gasteiger partial charge in [0.1, 0.15) is 0 Å². The number of aryl methyl sites for hydroxylation is 1. The van der Waals surface area contributed by atoms with Crippen LogP contribution in [-0.4, -0.2) is 7.85 Å². The van der Waals surface area contributed by atoms with Crippen molar-refractivity contribution in [2.24, 2.45) is 0 Å². The largest absolute Gasteiger partial charge is 0.0999 e. The van der Waals surface area contributed by atoms with Gasteiger partial charge >= 0.3 is 0 Å². The summed E-state index contributed by atoms with van der Waals surface area (Å²) in [5.41, 5.74) is 1.41. The number of benzene rings is 1. The zero-order valence-corrected chi connectivity index (χ0v) is 6.67. The van der Waals surface area contributed by atoms with Crippen LogP contribution in [0.4, 0.5) is 0 Å². The average Bonchev–Trinajstić information content (AvgIpc) is 2.10. The van der Waals surface area contributed by atoms with Crippen molar-refractivity contribution >= 4 is 7.85 Å². The topological polar surface area (TPSA) is 0 Å². The van der Waals surface area contributed by atoms with Crippen LogP contribution in [0.5, 0.6) is 0 Å². The minimum absolute atomic E-state index is 1.14. The number of rotatable bonds is 1. The summed E-state index contributed by atoms with van der Waals surface area (Å²) in [7, 11) is 4.50. The molecule has 1 heteroatoms. The Kier molecular flexibility index (Phi) is 5.95. The molecule has 0 unspecified atom stereocenters. The lowest BCUT2D eigenvalue weighted by molar-refractivity contribution is 1.14. The van der Waals surface area contributed by atoms with Crippen LogP contribution in [-0.2, 0) is 6.42 Å². The highest BCUT2D eigenvalue weighted by molar-refractivity contribution is 6.05. The van der Waals surface area contributed by atoms with Gasteiger partial charge in [-0.1, -0.05) is 44.1 Å². The molecule has 0 aliphatic heterocycles. The van der Waals surface area contributed by atoms with Crippen LogP contribution in [0.1, 0.15) is 12.5 Å². The van der Waals surface area contributed by atoms with Gasteiger partial charge in [-0.05, 0) is 12.0 Å². The van der Waals surface area contributed by atoms with Crippen LogP contribution in [0.2, 0.25) is 6.82 Å². The van der Waals surface area contributed by atoms with E-state index in [2.05, 4.69) is 39.0 Å². The van der Waals surface area contributed by atoms with Gasteiger partial charge in [0, 0.05) is 0 Å². The highest BCUT2D eigenvalue weighted by atomic mass is 13.9. The van der Waals surface area contributed by atoms with Gasteiger partial charge in [-0.25, -0.2) is 0 Å². The summed E-state index contributed by atoms with van der Waals surface area (Å²) in [6.45, 7) is 3.66. The first kappa shape index (κ1) is 9.28.